The summed E-state index contributed by atoms with van der Waals surface area (Å²) in [5.74, 6) is -2.62. The third-order valence-electron chi connectivity index (χ3n) is 8.63. The summed E-state index contributed by atoms with van der Waals surface area (Å²) >= 11 is 0. The van der Waals surface area contributed by atoms with E-state index in [4.69, 9.17) is 0 Å². The lowest BCUT2D eigenvalue weighted by Gasteiger charge is -2.29. The minimum absolute atomic E-state index is 0.158. The molecule has 0 saturated heterocycles. The minimum Gasteiger partial charge on any atom is -0.387 e. The molecule has 2 aromatic carbocycles. The Balaban J connectivity index is 1.08. The van der Waals surface area contributed by atoms with Crippen molar-refractivity contribution in [3.8, 4) is 0 Å². The first kappa shape index (κ1) is 36.4. The van der Waals surface area contributed by atoms with E-state index >= 15 is 0 Å². The number of anilines is 2. The number of fused-ring (bicyclic) bond motifs is 2. The van der Waals surface area contributed by atoms with Crippen LogP contribution in [-0.2, 0) is 20.2 Å². The topological polar surface area (TPSA) is 249 Å². The number of carbonyl (C=O) groups is 3. The Bertz CT molecular complexity index is 2200. The van der Waals surface area contributed by atoms with E-state index in [2.05, 4.69) is 20.6 Å². The van der Waals surface area contributed by atoms with Crippen molar-refractivity contribution >= 4 is 60.9 Å². The van der Waals surface area contributed by atoms with Gasteiger partial charge in [0, 0.05) is 58.6 Å². The second kappa shape index (κ2) is 14.3. The maximum atomic E-state index is 13.0. The molecule has 0 aliphatic heterocycles. The first-order valence-electron chi connectivity index (χ1n) is 15.6. The van der Waals surface area contributed by atoms with Crippen LogP contribution in [0.1, 0.15) is 33.6 Å². The molecular formula is C35H30N4O11S2. The van der Waals surface area contributed by atoms with Crippen molar-refractivity contribution in [1.29, 1.82) is 0 Å². The predicted octanol–water partition coefficient (Wildman–Crippen LogP) is 3.79. The number of urea groups is 1. The molecule has 6 rings (SSSR count). The van der Waals surface area contributed by atoms with Crippen molar-refractivity contribution < 1.29 is 50.5 Å². The molecule has 0 spiro atoms. The monoisotopic (exact) mass is 746 g/mol. The Hall–Kier alpha value is -5.43. The van der Waals surface area contributed by atoms with Crippen molar-refractivity contribution in [2.45, 2.75) is 25.0 Å². The fourth-order valence-corrected chi connectivity index (χ4v) is 7.49. The van der Waals surface area contributed by atoms with Gasteiger partial charge in [0.05, 0.1) is 0 Å². The van der Waals surface area contributed by atoms with Crippen LogP contribution in [0.15, 0.2) is 128 Å². The van der Waals surface area contributed by atoms with Crippen molar-refractivity contribution in [3.05, 3.63) is 129 Å². The van der Waals surface area contributed by atoms with Gasteiger partial charge in [-0.2, -0.15) is 16.8 Å². The van der Waals surface area contributed by atoms with Crippen LogP contribution < -0.4 is 10.6 Å². The summed E-state index contributed by atoms with van der Waals surface area (Å²) in [6.07, 6.45) is 8.54. The van der Waals surface area contributed by atoms with Crippen LogP contribution in [0, 0.1) is 11.8 Å². The van der Waals surface area contributed by atoms with E-state index in [1.54, 1.807) is 24.3 Å². The second-order valence-electron chi connectivity index (χ2n) is 12.1. The lowest BCUT2D eigenvalue weighted by Crippen LogP contribution is -2.31. The van der Waals surface area contributed by atoms with Gasteiger partial charge in [-0.1, -0.05) is 47.6 Å². The summed E-state index contributed by atoms with van der Waals surface area (Å²) in [7, 11) is -9.15. The number of nitrogens with one attached hydrogen (secondary N) is 2. The molecule has 0 aromatic heterocycles. The van der Waals surface area contributed by atoms with Gasteiger partial charge in [0.2, 0.25) is 0 Å². The first-order chi connectivity index (χ1) is 24.6. The molecule has 17 heteroatoms. The molecule has 0 radical (unpaired) electrons. The number of hydrogen-bond acceptors (Lipinski definition) is 9. The number of aliphatic imine (C=N–C) groups is 2. The van der Waals surface area contributed by atoms with E-state index in [-0.39, 0.29) is 35.3 Å². The molecule has 0 heterocycles. The van der Waals surface area contributed by atoms with Crippen molar-refractivity contribution in [1.82, 2.24) is 0 Å². The fraction of sp³-hybridized carbons (Fsp3) is 0.171. The largest absolute Gasteiger partial charge is 0.387 e. The summed E-state index contributed by atoms with van der Waals surface area (Å²) in [6.45, 7) is 0. The Kier molecular flexibility index (Phi) is 10.00. The molecule has 4 amide bonds. The van der Waals surface area contributed by atoms with Crippen LogP contribution >= 0.6 is 0 Å². The minimum atomic E-state index is -4.58. The van der Waals surface area contributed by atoms with Crippen molar-refractivity contribution in [2.75, 3.05) is 10.6 Å². The number of hydrogen-bond donors (Lipinski definition) is 6. The molecule has 2 aromatic rings. The van der Waals surface area contributed by atoms with Crippen LogP contribution in [0.4, 0.5) is 16.2 Å². The average Bonchev–Trinajstić information content (AvgIpc) is 3.07. The van der Waals surface area contributed by atoms with Crippen LogP contribution in [0.3, 0.4) is 0 Å². The average molecular weight is 747 g/mol. The van der Waals surface area contributed by atoms with Gasteiger partial charge in [-0.25, -0.2) is 14.8 Å². The molecule has 6 N–H and O–H groups in total. The maximum Gasteiger partial charge on any atom is 0.323 e. The highest BCUT2D eigenvalue weighted by molar-refractivity contribution is 7.90. The SMILES string of the molecule is O=C(Nc1cccc(C(=O)N=C2C=CC3C(=CC=C(S(=O)(=O)O)C3O)C2)c1)Nc1cccc(C(=O)N=C2C=CC3C(=CC=C(S(=O)(=O)O)C3O)C2)c1. The van der Waals surface area contributed by atoms with Gasteiger partial charge in [-0.15, -0.1) is 0 Å². The Morgan fingerprint density at radius 2 is 1.04 bits per heavy atom. The van der Waals surface area contributed by atoms with Crippen LogP contribution in [-0.4, -0.2) is 77.6 Å². The molecule has 0 saturated carbocycles. The number of allylic oxidation sites excluding steroid dienone is 6. The molecule has 4 unspecified atom stereocenters. The Morgan fingerprint density at radius 3 is 1.42 bits per heavy atom. The van der Waals surface area contributed by atoms with E-state index in [0.717, 1.165) is 12.2 Å². The lowest BCUT2D eigenvalue weighted by molar-refractivity contribution is 0.0994. The Labute approximate surface area is 297 Å². The third-order valence-corrected chi connectivity index (χ3v) is 10.6. The fourth-order valence-electron chi connectivity index (χ4n) is 6.11. The number of carbonyl (C=O) groups excluding carboxylic acids is 3. The van der Waals surface area contributed by atoms with Crippen LogP contribution in [0.25, 0.3) is 0 Å². The highest BCUT2D eigenvalue weighted by Crippen LogP contribution is 2.35. The molecule has 15 nitrogen and oxygen atoms in total. The van der Waals surface area contributed by atoms with E-state index in [0.29, 0.717) is 22.6 Å². The molecule has 52 heavy (non-hydrogen) atoms. The van der Waals surface area contributed by atoms with Gasteiger partial charge in [0.25, 0.3) is 32.1 Å². The van der Waals surface area contributed by atoms with Gasteiger partial charge in [-0.05, 0) is 60.7 Å². The summed E-state index contributed by atoms with van der Waals surface area (Å²) < 4.78 is 64.8. The number of benzene rings is 2. The highest BCUT2D eigenvalue weighted by atomic mass is 32.2. The second-order valence-corrected chi connectivity index (χ2v) is 15.0. The molecule has 0 bridgehead atoms. The van der Waals surface area contributed by atoms with Gasteiger partial charge >= 0.3 is 6.03 Å². The lowest BCUT2D eigenvalue weighted by atomic mass is 9.82. The first-order valence-corrected chi connectivity index (χ1v) is 18.5. The number of nitrogens with zero attached hydrogens (tertiary/aromatic N) is 2. The normalized spacial score (nSPS) is 24.2. The molecule has 4 atom stereocenters. The summed E-state index contributed by atoms with van der Waals surface area (Å²) in [4.78, 5) is 46.1. The van der Waals surface area contributed by atoms with Gasteiger partial charge in [0.1, 0.15) is 22.0 Å². The highest BCUT2D eigenvalue weighted by Gasteiger charge is 2.36. The van der Waals surface area contributed by atoms with Crippen LogP contribution in [0.5, 0.6) is 0 Å². The molecule has 4 aliphatic rings. The molecular weight excluding hydrogens is 717 g/mol. The quantitative estimate of drug-likeness (QED) is 0.232. The third kappa shape index (κ3) is 8.04. The van der Waals surface area contributed by atoms with E-state index in [1.165, 1.54) is 60.7 Å². The smallest absolute Gasteiger partial charge is 0.323 e. The molecule has 4 aliphatic carbocycles. The number of rotatable bonds is 6. The molecule has 0 fully saturated rings. The van der Waals surface area contributed by atoms with E-state index < -0.39 is 71.9 Å². The van der Waals surface area contributed by atoms with E-state index in [1.807, 2.05) is 0 Å². The zero-order chi connectivity index (χ0) is 37.4. The standard InChI is InChI=1S/C35H30N4O11S2/c40-31-27-11-9-25(15-19(27)7-13-29(31)51(45,46)47)36-33(42)21-3-1-5-23(17-21)38-35(44)39-24-6-2-4-22(18-24)34(43)37-26-10-12-28-20(16-26)8-14-30(32(28)41)52(48,49)50/h1-14,17-18,27-28,31-32,40-41H,15-16H2,(H2,38,39,44)(H,45,46,47)(H,48,49,50). The number of aliphatic hydroxyl groups excluding tert-OH is 2. The zero-order valence-corrected chi connectivity index (χ0v) is 28.5. The van der Waals surface area contributed by atoms with Gasteiger partial charge in [-0.3, -0.25) is 18.7 Å². The summed E-state index contributed by atoms with van der Waals surface area (Å²) in [5.41, 5.74) is 2.80. The van der Waals surface area contributed by atoms with E-state index in [9.17, 15) is 50.5 Å². The number of aliphatic hydroxyl groups is 2. The number of amides is 4. The molecule has 268 valence electrons. The Morgan fingerprint density at radius 1 is 0.635 bits per heavy atom. The summed E-state index contributed by atoms with van der Waals surface area (Å²) in [6, 6.07) is 11.4. The van der Waals surface area contributed by atoms with Crippen molar-refractivity contribution in [2.24, 2.45) is 21.8 Å². The van der Waals surface area contributed by atoms with Gasteiger partial charge < -0.3 is 20.8 Å². The maximum absolute atomic E-state index is 13.0. The zero-order valence-electron chi connectivity index (χ0n) is 26.8. The predicted molar refractivity (Wildman–Crippen MR) is 191 cm³/mol. The van der Waals surface area contributed by atoms with Crippen molar-refractivity contribution in [3.63, 3.8) is 0 Å². The van der Waals surface area contributed by atoms with Gasteiger partial charge in [0.15, 0.2) is 0 Å². The van der Waals surface area contributed by atoms with Crippen LogP contribution in [0.2, 0.25) is 0 Å². The summed E-state index contributed by atoms with van der Waals surface area (Å²) in [5, 5.41) is 26.1.